The van der Waals surface area contributed by atoms with Crippen LogP contribution in [0, 0.1) is 16.0 Å². The second-order valence-electron chi connectivity index (χ2n) is 6.71. The predicted molar refractivity (Wildman–Crippen MR) is 103 cm³/mol. The quantitative estimate of drug-likeness (QED) is 0.433. The number of anilines is 1. The van der Waals surface area contributed by atoms with Crippen molar-refractivity contribution in [2.75, 3.05) is 18.5 Å². The number of carbonyl (C=O) groups excluding carboxylic acids is 1. The van der Waals surface area contributed by atoms with Crippen LogP contribution in [0.25, 0.3) is 11.1 Å². The van der Waals surface area contributed by atoms with Crippen molar-refractivity contribution >= 4 is 17.3 Å². The number of benzene rings is 1. The average molecular weight is 421 g/mol. The van der Waals surface area contributed by atoms with Crippen LogP contribution in [-0.2, 0) is 15.7 Å². The molecule has 1 fully saturated rings. The first-order chi connectivity index (χ1) is 14.2. The van der Waals surface area contributed by atoms with Gasteiger partial charge in [-0.3, -0.25) is 19.9 Å². The van der Waals surface area contributed by atoms with E-state index in [1.165, 1.54) is 24.3 Å². The largest absolute Gasteiger partial charge is 0.433 e. The van der Waals surface area contributed by atoms with Gasteiger partial charge in [0.05, 0.1) is 4.92 Å². The number of allylic oxidation sites excluding steroid dienone is 1. The Kier molecular flexibility index (Phi) is 6.46. The van der Waals surface area contributed by atoms with Crippen LogP contribution in [0.4, 0.5) is 24.5 Å². The van der Waals surface area contributed by atoms with Gasteiger partial charge in [0.1, 0.15) is 11.4 Å². The third kappa shape index (κ3) is 5.41. The molecule has 3 rings (SSSR count). The van der Waals surface area contributed by atoms with E-state index in [2.05, 4.69) is 10.3 Å². The number of halogens is 3. The number of alkyl halides is 3. The van der Waals surface area contributed by atoms with Crippen LogP contribution < -0.4 is 5.32 Å². The molecule has 0 aliphatic carbocycles. The van der Waals surface area contributed by atoms with E-state index in [0.717, 1.165) is 31.2 Å². The van der Waals surface area contributed by atoms with Gasteiger partial charge in [-0.2, -0.15) is 13.2 Å². The Hall–Kier alpha value is -3.27. The SMILES string of the molecule is O=C(/C=C/C1CCOCC1)Nc1ccc(-c2ccnc(C(F)(F)F)c2)cc1[N+](=O)[O-]. The van der Waals surface area contributed by atoms with Gasteiger partial charge >= 0.3 is 6.18 Å². The summed E-state index contributed by atoms with van der Waals surface area (Å²) in [6, 6.07) is 5.95. The molecule has 0 bridgehead atoms. The molecule has 7 nitrogen and oxygen atoms in total. The van der Waals surface area contributed by atoms with Crippen molar-refractivity contribution in [3.8, 4) is 11.1 Å². The van der Waals surface area contributed by atoms with E-state index in [-0.39, 0.29) is 22.7 Å². The van der Waals surface area contributed by atoms with Crippen molar-refractivity contribution in [3.05, 3.63) is 64.5 Å². The maximum Gasteiger partial charge on any atom is 0.433 e. The summed E-state index contributed by atoms with van der Waals surface area (Å²) in [5.41, 5.74) is -1.25. The molecule has 1 amide bonds. The molecule has 2 aromatic rings. The van der Waals surface area contributed by atoms with Crippen molar-refractivity contribution in [1.29, 1.82) is 0 Å². The Morgan fingerprint density at radius 3 is 2.57 bits per heavy atom. The molecule has 0 atom stereocenters. The molecule has 2 heterocycles. The molecule has 30 heavy (non-hydrogen) atoms. The van der Waals surface area contributed by atoms with E-state index >= 15 is 0 Å². The first kappa shape index (κ1) is 21.4. The van der Waals surface area contributed by atoms with Crippen LogP contribution in [0.1, 0.15) is 18.5 Å². The summed E-state index contributed by atoms with van der Waals surface area (Å²) < 4.78 is 43.9. The van der Waals surface area contributed by atoms with Crippen LogP contribution in [0.5, 0.6) is 0 Å². The average Bonchev–Trinajstić information content (AvgIpc) is 2.72. The number of pyridine rings is 1. The van der Waals surface area contributed by atoms with Crippen molar-refractivity contribution in [3.63, 3.8) is 0 Å². The Morgan fingerprint density at radius 1 is 1.20 bits per heavy atom. The lowest BCUT2D eigenvalue weighted by Crippen LogP contribution is -2.15. The summed E-state index contributed by atoms with van der Waals surface area (Å²) in [4.78, 5) is 26.2. The lowest BCUT2D eigenvalue weighted by molar-refractivity contribution is -0.383. The third-order valence-electron chi connectivity index (χ3n) is 4.62. The number of nitro benzene ring substituents is 1. The molecule has 1 aliphatic rings. The Morgan fingerprint density at radius 2 is 1.90 bits per heavy atom. The Bertz CT molecular complexity index is 970. The van der Waals surface area contributed by atoms with E-state index in [0.29, 0.717) is 13.2 Å². The molecule has 1 saturated heterocycles. The molecule has 0 radical (unpaired) electrons. The molecule has 158 valence electrons. The second-order valence-corrected chi connectivity index (χ2v) is 6.71. The Labute approximate surface area is 169 Å². The summed E-state index contributed by atoms with van der Waals surface area (Å²) >= 11 is 0. The van der Waals surface area contributed by atoms with E-state index in [9.17, 15) is 28.1 Å². The first-order valence-electron chi connectivity index (χ1n) is 9.13. The maximum atomic E-state index is 12.9. The van der Waals surface area contributed by atoms with Gasteiger partial charge in [0.15, 0.2) is 0 Å². The first-order valence-corrected chi connectivity index (χ1v) is 9.13. The highest BCUT2D eigenvalue weighted by Crippen LogP contribution is 2.34. The number of nitrogens with zero attached hydrogens (tertiary/aromatic N) is 2. The minimum absolute atomic E-state index is 0.0459. The molecular formula is C20H18F3N3O4. The van der Waals surface area contributed by atoms with E-state index in [1.54, 1.807) is 6.08 Å². The van der Waals surface area contributed by atoms with Gasteiger partial charge in [0, 0.05) is 25.5 Å². The lowest BCUT2D eigenvalue weighted by Gasteiger charge is -2.18. The van der Waals surface area contributed by atoms with Crippen LogP contribution >= 0.6 is 0 Å². The third-order valence-corrected chi connectivity index (χ3v) is 4.62. The van der Waals surface area contributed by atoms with Crippen LogP contribution in [0.15, 0.2) is 48.7 Å². The fourth-order valence-electron chi connectivity index (χ4n) is 3.04. The van der Waals surface area contributed by atoms with Gasteiger partial charge in [0.2, 0.25) is 5.91 Å². The number of amides is 1. The van der Waals surface area contributed by atoms with Gasteiger partial charge < -0.3 is 10.1 Å². The highest BCUT2D eigenvalue weighted by Gasteiger charge is 2.32. The monoisotopic (exact) mass is 421 g/mol. The summed E-state index contributed by atoms with van der Waals surface area (Å²) in [5, 5.41) is 13.9. The van der Waals surface area contributed by atoms with Crippen molar-refractivity contribution in [2.45, 2.75) is 19.0 Å². The molecule has 1 aromatic heterocycles. The minimum atomic E-state index is -4.63. The van der Waals surface area contributed by atoms with Gasteiger partial charge in [-0.25, -0.2) is 0 Å². The molecular weight excluding hydrogens is 403 g/mol. The molecule has 1 aromatic carbocycles. The smallest absolute Gasteiger partial charge is 0.381 e. The van der Waals surface area contributed by atoms with E-state index < -0.39 is 28.4 Å². The highest BCUT2D eigenvalue weighted by atomic mass is 19.4. The topological polar surface area (TPSA) is 94.4 Å². The van der Waals surface area contributed by atoms with Gasteiger partial charge in [-0.15, -0.1) is 0 Å². The zero-order valence-electron chi connectivity index (χ0n) is 15.7. The summed E-state index contributed by atoms with van der Waals surface area (Å²) in [7, 11) is 0. The molecule has 0 unspecified atom stereocenters. The van der Waals surface area contributed by atoms with Crippen LogP contribution in [0.3, 0.4) is 0 Å². The fourth-order valence-corrected chi connectivity index (χ4v) is 3.04. The number of rotatable bonds is 5. The predicted octanol–water partition coefficient (Wildman–Crippen LogP) is 4.60. The van der Waals surface area contributed by atoms with Crippen LogP contribution in [0.2, 0.25) is 0 Å². The highest BCUT2D eigenvalue weighted by molar-refractivity contribution is 6.01. The number of ether oxygens (including phenoxy) is 1. The lowest BCUT2D eigenvalue weighted by atomic mass is 10.00. The van der Waals surface area contributed by atoms with E-state index in [4.69, 9.17) is 4.74 Å². The standard InChI is InChI=1S/C20H18F3N3O4/c21-20(22,23)18-12-15(5-8-24-18)14-2-3-16(17(11-14)26(28)29)25-19(27)4-1-13-6-9-30-10-7-13/h1-5,8,11-13H,6-7,9-10H2,(H,25,27)/b4-1+. The summed E-state index contributed by atoms with van der Waals surface area (Å²) in [6.45, 7) is 1.24. The normalized spacial score (nSPS) is 15.3. The molecule has 0 spiro atoms. The fraction of sp³-hybridized carbons (Fsp3) is 0.300. The van der Waals surface area contributed by atoms with Crippen molar-refractivity contribution < 1.29 is 27.6 Å². The summed E-state index contributed by atoms with van der Waals surface area (Å²) in [5.74, 6) is -0.322. The van der Waals surface area contributed by atoms with Crippen molar-refractivity contribution in [2.24, 2.45) is 5.92 Å². The number of carbonyl (C=O) groups is 1. The van der Waals surface area contributed by atoms with E-state index in [1.807, 2.05) is 0 Å². The Balaban J connectivity index is 1.81. The molecule has 1 N–H and O–H groups in total. The summed E-state index contributed by atoms with van der Waals surface area (Å²) in [6.07, 6.45) is 1.02. The van der Waals surface area contributed by atoms with Crippen LogP contribution in [-0.4, -0.2) is 29.0 Å². The number of hydrogen-bond donors (Lipinski definition) is 1. The zero-order valence-corrected chi connectivity index (χ0v) is 15.7. The number of nitro groups is 1. The van der Waals surface area contributed by atoms with Gasteiger partial charge in [-0.1, -0.05) is 12.1 Å². The molecule has 0 saturated carbocycles. The second kappa shape index (κ2) is 9.04. The minimum Gasteiger partial charge on any atom is -0.381 e. The van der Waals surface area contributed by atoms with Gasteiger partial charge in [0.25, 0.3) is 5.69 Å². The van der Waals surface area contributed by atoms with Crippen molar-refractivity contribution in [1.82, 2.24) is 4.98 Å². The number of nitrogens with one attached hydrogen (secondary N) is 1. The molecule has 1 aliphatic heterocycles. The molecule has 10 heteroatoms. The zero-order chi connectivity index (χ0) is 21.7. The van der Waals surface area contributed by atoms with Gasteiger partial charge in [-0.05, 0) is 54.2 Å². The maximum absolute atomic E-state index is 12.9. The number of aromatic nitrogens is 1. The number of hydrogen-bond acceptors (Lipinski definition) is 5.